The van der Waals surface area contributed by atoms with Crippen molar-refractivity contribution in [2.24, 2.45) is 5.41 Å². The minimum atomic E-state index is -0.344. The quantitative estimate of drug-likeness (QED) is 0.650. The average Bonchev–Trinajstić information content (AvgIpc) is 2.82. The van der Waals surface area contributed by atoms with Crippen molar-refractivity contribution in [3.8, 4) is 5.75 Å². The van der Waals surface area contributed by atoms with Gasteiger partial charge in [-0.1, -0.05) is 46.8 Å². The molecule has 3 rings (SSSR count). The first-order valence-corrected chi connectivity index (χ1v) is 11.8. The highest BCUT2D eigenvalue weighted by Crippen LogP contribution is 2.23. The topological polar surface area (TPSA) is 61.9 Å². The van der Waals surface area contributed by atoms with Gasteiger partial charge in [-0.2, -0.15) is 0 Å². The van der Waals surface area contributed by atoms with Gasteiger partial charge in [-0.3, -0.25) is 9.59 Å². The van der Waals surface area contributed by atoms with E-state index < -0.39 is 0 Å². The van der Waals surface area contributed by atoms with Crippen molar-refractivity contribution in [3.05, 3.63) is 54.1 Å². The second-order valence-electron chi connectivity index (χ2n) is 9.79. The largest absolute Gasteiger partial charge is 0.484 e. The number of benzene rings is 2. The lowest BCUT2D eigenvalue weighted by atomic mass is 9.94. The molecule has 2 amide bonds. The van der Waals surface area contributed by atoms with E-state index in [4.69, 9.17) is 4.74 Å². The molecule has 0 bridgehead atoms. The van der Waals surface area contributed by atoms with Crippen molar-refractivity contribution in [1.82, 2.24) is 4.90 Å². The lowest BCUT2D eigenvalue weighted by Gasteiger charge is -2.38. The van der Waals surface area contributed by atoms with Gasteiger partial charge in [0, 0.05) is 43.0 Å². The Labute approximate surface area is 197 Å². The third-order valence-corrected chi connectivity index (χ3v) is 6.16. The van der Waals surface area contributed by atoms with Crippen molar-refractivity contribution in [1.29, 1.82) is 0 Å². The predicted octanol–water partition coefficient (Wildman–Crippen LogP) is 4.91. The van der Waals surface area contributed by atoms with Crippen LogP contribution in [0.4, 0.5) is 11.4 Å². The molecule has 1 aliphatic heterocycles. The van der Waals surface area contributed by atoms with Crippen LogP contribution in [-0.4, -0.2) is 49.5 Å². The van der Waals surface area contributed by atoms with Gasteiger partial charge in [0.2, 0.25) is 5.91 Å². The zero-order valence-electron chi connectivity index (χ0n) is 20.6. The maximum absolute atomic E-state index is 12.5. The molecule has 1 heterocycles. The van der Waals surface area contributed by atoms with Crippen molar-refractivity contribution in [2.45, 2.75) is 47.0 Å². The van der Waals surface area contributed by atoms with E-state index in [1.165, 1.54) is 5.56 Å². The van der Waals surface area contributed by atoms with Gasteiger partial charge in [-0.15, -0.1) is 0 Å². The Kier molecular flexibility index (Phi) is 8.01. The molecule has 6 nitrogen and oxygen atoms in total. The van der Waals surface area contributed by atoms with Gasteiger partial charge in [0.25, 0.3) is 5.91 Å². The Hall–Kier alpha value is -3.02. The number of hydrogen-bond donors (Lipinski definition) is 1. The number of carbonyl (C=O) groups excluding carboxylic acids is 2. The van der Waals surface area contributed by atoms with Crippen LogP contribution >= 0.6 is 0 Å². The summed E-state index contributed by atoms with van der Waals surface area (Å²) < 4.78 is 5.63. The molecule has 1 fully saturated rings. The Morgan fingerprint density at radius 1 is 0.970 bits per heavy atom. The summed E-state index contributed by atoms with van der Waals surface area (Å²) in [6, 6.07) is 15.8. The number of hydrogen-bond acceptors (Lipinski definition) is 4. The molecule has 1 aliphatic rings. The van der Waals surface area contributed by atoms with Crippen molar-refractivity contribution in [3.63, 3.8) is 0 Å². The Balaban J connectivity index is 1.46. The fourth-order valence-corrected chi connectivity index (χ4v) is 3.87. The molecule has 1 atom stereocenters. The normalized spacial score (nSPS) is 15.2. The lowest BCUT2D eigenvalue weighted by molar-refractivity contribution is -0.139. The molecule has 33 heavy (non-hydrogen) atoms. The van der Waals surface area contributed by atoms with Crippen LogP contribution in [-0.2, 0) is 9.59 Å². The van der Waals surface area contributed by atoms with Gasteiger partial charge in [0.1, 0.15) is 5.75 Å². The van der Waals surface area contributed by atoms with E-state index in [1.54, 1.807) is 0 Å². The molecule has 0 radical (unpaired) electrons. The van der Waals surface area contributed by atoms with Gasteiger partial charge in [0.15, 0.2) is 6.61 Å². The average molecular weight is 452 g/mol. The van der Waals surface area contributed by atoms with Gasteiger partial charge >= 0.3 is 0 Å². The maximum atomic E-state index is 12.5. The molecule has 178 valence electrons. The molecule has 6 heteroatoms. The van der Waals surface area contributed by atoms with Gasteiger partial charge in [0.05, 0.1) is 0 Å². The van der Waals surface area contributed by atoms with Crippen LogP contribution in [0.15, 0.2) is 48.5 Å². The minimum Gasteiger partial charge on any atom is -0.484 e. The molecule has 1 unspecified atom stereocenters. The van der Waals surface area contributed by atoms with Crippen LogP contribution in [0.1, 0.15) is 52.5 Å². The highest BCUT2D eigenvalue weighted by molar-refractivity contribution is 5.92. The summed E-state index contributed by atoms with van der Waals surface area (Å²) in [5, 5.41) is 2.88. The highest BCUT2D eigenvalue weighted by atomic mass is 16.5. The Morgan fingerprint density at radius 3 is 2.12 bits per heavy atom. The monoisotopic (exact) mass is 451 g/mol. The van der Waals surface area contributed by atoms with Crippen LogP contribution in [0.5, 0.6) is 5.75 Å². The Bertz CT molecular complexity index is 925. The predicted molar refractivity (Wildman–Crippen MR) is 134 cm³/mol. The first-order valence-electron chi connectivity index (χ1n) is 11.8. The lowest BCUT2D eigenvalue weighted by Crippen LogP contribution is -2.51. The number of amides is 2. The highest BCUT2D eigenvalue weighted by Gasteiger charge is 2.29. The first kappa shape index (κ1) is 24.6. The molecule has 2 aromatic carbocycles. The van der Waals surface area contributed by atoms with Gasteiger partial charge < -0.3 is 19.9 Å². The van der Waals surface area contributed by atoms with Crippen molar-refractivity contribution in [2.75, 3.05) is 43.0 Å². The molecule has 2 aromatic rings. The smallest absolute Gasteiger partial charge is 0.262 e. The maximum Gasteiger partial charge on any atom is 0.262 e. The van der Waals surface area contributed by atoms with Crippen molar-refractivity contribution >= 4 is 23.2 Å². The van der Waals surface area contributed by atoms with Crippen LogP contribution in [0.25, 0.3) is 0 Å². The second-order valence-corrected chi connectivity index (χ2v) is 9.79. The van der Waals surface area contributed by atoms with E-state index >= 15 is 0 Å². The summed E-state index contributed by atoms with van der Waals surface area (Å²) in [5.41, 5.74) is 2.76. The van der Waals surface area contributed by atoms with Crippen LogP contribution in [0.3, 0.4) is 0 Å². The number of anilines is 2. The number of piperazine rings is 1. The number of ether oxygens (including phenoxy) is 1. The minimum absolute atomic E-state index is 0.0335. The van der Waals surface area contributed by atoms with Crippen LogP contribution < -0.4 is 15.0 Å². The molecule has 0 saturated carbocycles. The number of rotatable bonds is 7. The molecule has 1 saturated heterocycles. The van der Waals surface area contributed by atoms with Crippen molar-refractivity contribution < 1.29 is 14.3 Å². The summed E-state index contributed by atoms with van der Waals surface area (Å²) in [6.45, 7) is 13.3. The van der Waals surface area contributed by atoms with Gasteiger partial charge in [-0.05, 0) is 54.3 Å². The Morgan fingerprint density at radius 2 is 1.58 bits per heavy atom. The molecule has 0 aromatic heterocycles. The third kappa shape index (κ3) is 6.73. The summed E-state index contributed by atoms with van der Waals surface area (Å²) in [7, 11) is 0. The molecule has 0 aliphatic carbocycles. The molecule has 1 N–H and O–H groups in total. The van der Waals surface area contributed by atoms with Crippen LogP contribution in [0.2, 0.25) is 0 Å². The zero-order chi connectivity index (χ0) is 24.0. The van der Waals surface area contributed by atoms with E-state index in [0.29, 0.717) is 11.7 Å². The molecular formula is C27H37N3O3. The SMILES string of the molecule is CCC(C)c1ccc(OCC(=O)Nc2ccc(N3CCN(C(=O)C(C)(C)C)CC3)cc2)cc1. The van der Waals surface area contributed by atoms with E-state index in [9.17, 15) is 9.59 Å². The number of nitrogens with one attached hydrogen (secondary N) is 1. The summed E-state index contributed by atoms with van der Waals surface area (Å²) >= 11 is 0. The van der Waals surface area contributed by atoms with E-state index in [2.05, 4.69) is 36.2 Å². The molecule has 0 spiro atoms. The first-order chi connectivity index (χ1) is 15.7. The third-order valence-electron chi connectivity index (χ3n) is 6.16. The van der Waals surface area contributed by atoms with E-state index in [1.807, 2.05) is 62.1 Å². The summed E-state index contributed by atoms with van der Waals surface area (Å²) in [5.74, 6) is 1.22. The second kappa shape index (κ2) is 10.7. The number of carbonyl (C=O) groups is 2. The standard InChI is InChI=1S/C27H37N3O3/c1-6-20(2)21-7-13-24(14-8-21)33-19-25(31)28-22-9-11-23(12-10-22)29-15-17-30(18-16-29)26(32)27(3,4)5/h7-14,20H,6,15-19H2,1-5H3,(H,28,31). The summed E-state index contributed by atoms with van der Waals surface area (Å²) in [6.07, 6.45) is 1.09. The fourth-order valence-electron chi connectivity index (χ4n) is 3.87. The summed E-state index contributed by atoms with van der Waals surface area (Å²) in [4.78, 5) is 29.0. The van der Waals surface area contributed by atoms with E-state index in [0.717, 1.165) is 44.0 Å². The zero-order valence-corrected chi connectivity index (χ0v) is 20.6. The van der Waals surface area contributed by atoms with Gasteiger partial charge in [-0.25, -0.2) is 0 Å². The molecular weight excluding hydrogens is 414 g/mol. The van der Waals surface area contributed by atoms with Crippen LogP contribution in [0, 0.1) is 5.41 Å². The fraction of sp³-hybridized carbons (Fsp3) is 0.481. The number of nitrogens with zero attached hydrogens (tertiary/aromatic N) is 2. The van der Waals surface area contributed by atoms with E-state index in [-0.39, 0.29) is 23.8 Å².